The van der Waals surface area contributed by atoms with Crippen LogP contribution in [-0.2, 0) is 6.54 Å². The Balaban J connectivity index is 2.15. The summed E-state index contributed by atoms with van der Waals surface area (Å²) in [6.45, 7) is 2.52. The van der Waals surface area contributed by atoms with Crippen molar-refractivity contribution in [2.75, 3.05) is 5.32 Å². The summed E-state index contributed by atoms with van der Waals surface area (Å²) in [6, 6.07) is 9.94. The molecule has 5 heteroatoms. The maximum atomic E-state index is 13.3. The molecule has 2 aromatic rings. The van der Waals surface area contributed by atoms with E-state index in [0.717, 1.165) is 21.7 Å². The number of nitrogens with one attached hydrogen (secondary N) is 1. The van der Waals surface area contributed by atoms with Crippen LogP contribution in [0.2, 0.25) is 0 Å². The number of carboxylic acids is 1. The molecule has 3 nitrogen and oxygen atoms in total. The van der Waals surface area contributed by atoms with E-state index < -0.39 is 11.8 Å². The van der Waals surface area contributed by atoms with E-state index in [-0.39, 0.29) is 5.56 Å². The van der Waals surface area contributed by atoms with E-state index in [1.54, 1.807) is 0 Å². The second-order valence-electron chi connectivity index (χ2n) is 4.45. The fraction of sp³-hybridized carbons (Fsp3) is 0.133. The zero-order chi connectivity index (χ0) is 14.7. The van der Waals surface area contributed by atoms with Crippen molar-refractivity contribution < 1.29 is 14.3 Å². The number of aryl methyl sites for hydroxylation is 1. The quantitative estimate of drug-likeness (QED) is 0.878. The minimum atomic E-state index is -1.28. The predicted octanol–water partition coefficient (Wildman–Crippen LogP) is 4.21. The van der Waals surface area contributed by atoms with Crippen molar-refractivity contribution in [3.8, 4) is 0 Å². The first kappa shape index (κ1) is 14.5. The average Bonchev–Trinajstić information content (AvgIpc) is 2.39. The van der Waals surface area contributed by atoms with Gasteiger partial charge >= 0.3 is 5.97 Å². The molecule has 0 aliphatic rings. The van der Waals surface area contributed by atoms with E-state index >= 15 is 0 Å². The molecule has 20 heavy (non-hydrogen) atoms. The topological polar surface area (TPSA) is 49.3 Å². The first-order chi connectivity index (χ1) is 9.47. The standard InChI is InChI=1S/C15H13BrFNO2/c1-9-2-3-10(13(16)6-9)8-18-11-4-5-14(17)12(7-11)15(19)20/h2-7,18H,8H2,1H3,(H,19,20). The van der Waals surface area contributed by atoms with Crippen molar-refractivity contribution in [1.29, 1.82) is 0 Å². The van der Waals surface area contributed by atoms with Crippen LogP contribution in [0, 0.1) is 12.7 Å². The summed E-state index contributed by atoms with van der Waals surface area (Å²) in [5, 5.41) is 12.0. The summed E-state index contributed by atoms with van der Waals surface area (Å²) >= 11 is 3.48. The van der Waals surface area contributed by atoms with Crippen LogP contribution in [0.5, 0.6) is 0 Å². The molecule has 0 unspecified atom stereocenters. The molecule has 0 radical (unpaired) electrons. The van der Waals surface area contributed by atoms with Crippen LogP contribution in [0.4, 0.5) is 10.1 Å². The van der Waals surface area contributed by atoms with Gasteiger partial charge < -0.3 is 10.4 Å². The molecule has 0 heterocycles. The van der Waals surface area contributed by atoms with E-state index in [2.05, 4.69) is 21.2 Å². The van der Waals surface area contributed by atoms with E-state index in [4.69, 9.17) is 5.11 Å². The minimum Gasteiger partial charge on any atom is -0.478 e. The number of benzene rings is 2. The Labute approximate surface area is 124 Å². The number of halogens is 2. The van der Waals surface area contributed by atoms with Gasteiger partial charge in [-0.25, -0.2) is 9.18 Å². The first-order valence-corrected chi connectivity index (χ1v) is 6.78. The van der Waals surface area contributed by atoms with Crippen LogP contribution in [0.3, 0.4) is 0 Å². The number of anilines is 1. The highest BCUT2D eigenvalue weighted by molar-refractivity contribution is 9.10. The summed E-state index contributed by atoms with van der Waals surface area (Å²) in [7, 11) is 0. The van der Waals surface area contributed by atoms with Gasteiger partial charge in [-0.2, -0.15) is 0 Å². The van der Waals surface area contributed by atoms with Gasteiger partial charge in [-0.3, -0.25) is 0 Å². The number of aromatic carboxylic acids is 1. The number of hydrogen-bond donors (Lipinski definition) is 2. The van der Waals surface area contributed by atoms with E-state index in [1.165, 1.54) is 12.1 Å². The van der Waals surface area contributed by atoms with Crippen molar-refractivity contribution in [2.45, 2.75) is 13.5 Å². The molecule has 2 N–H and O–H groups in total. The molecule has 0 aliphatic heterocycles. The molecule has 0 bridgehead atoms. The van der Waals surface area contributed by atoms with Crippen LogP contribution in [0.1, 0.15) is 21.5 Å². The summed E-state index contributed by atoms with van der Waals surface area (Å²) in [6.07, 6.45) is 0. The van der Waals surface area contributed by atoms with Gasteiger partial charge in [-0.05, 0) is 42.3 Å². The second kappa shape index (κ2) is 6.05. The van der Waals surface area contributed by atoms with Crippen molar-refractivity contribution in [3.05, 3.63) is 63.4 Å². The molecule has 0 aliphatic carbocycles. The van der Waals surface area contributed by atoms with Gasteiger partial charge in [0.25, 0.3) is 0 Å². The highest BCUT2D eigenvalue weighted by Crippen LogP contribution is 2.21. The van der Waals surface area contributed by atoms with Gasteiger partial charge in [0.05, 0.1) is 5.56 Å². The zero-order valence-corrected chi connectivity index (χ0v) is 12.4. The first-order valence-electron chi connectivity index (χ1n) is 5.99. The third kappa shape index (κ3) is 3.36. The fourth-order valence-corrected chi connectivity index (χ4v) is 2.43. The molecule has 0 fully saturated rings. The Morgan fingerprint density at radius 3 is 2.70 bits per heavy atom. The van der Waals surface area contributed by atoms with Crippen molar-refractivity contribution in [3.63, 3.8) is 0 Å². The maximum absolute atomic E-state index is 13.3. The van der Waals surface area contributed by atoms with Crippen LogP contribution in [0.15, 0.2) is 40.9 Å². The molecule has 2 rings (SSSR count). The molecule has 104 valence electrons. The number of rotatable bonds is 4. The van der Waals surface area contributed by atoms with Crippen LogP contribution < -0.4 is 5.32 Å². The van der Waals surface area contributed by atoms with Crippen molar-refractivity contribution in [2.24, 2.45) is 0 Å². The Bertz CT molecular complexity index is 658. The SMILES string of the molecule is Cc1ccc(CNc2ccc(F)c(C(=O)O)c2)c(Br)c1. The third-order valence-electron chi connectivity index (χ3n) is 2.89. The summed E-state index contributed by atoms with van der Waals surface area (Å²) in [5.74, 6) is -2.01. The van der Waals surface area contributed by atoms with E-state index in [9.17, 15) is 9.18 Å². The highest BCUT2D eigenvalue weighted by Gasteiger charge is 2.10. The lowest BCUT2D eigenvalue weighted by atomic mass is 10.1. The van der Waals surface area contributed by atoms with Gasteiger partial charge in [0.1, 0.15) is 5.82 Å². The summed E-state index contributed by atoms with van der Waals surface area (Å²) in [4.78, 5) is 10.9. The van der Waals surface area contributed by atoms with Crippen LogP contribution in [-0.4, -0.2) is 11.1 Å². The van der Waals surface area contributed by atoms with Crippen LogP contribution >= 0.6 is 15.9 Å². The molecular formula is C15H13BrFNO2. The maximum Gasteiger partial charge on any atom is 0.338 e. The fourth-order valence-electron chi connectivity index (χ4n) is 1.79. The summed E-state index contributed by atoms with van der Waals surface area (Å²) in [5.41, 5.74) is 2.42. The molecule has 0 atom stereocenters. The molecule has 0 spiro atoms. The lowest BCUT2D eigenvalue weighted by Crippen LogP contribution is -2.04. The van der Waals surface area contributed by atoms with E-state index in [1.807, 2.05) is 25.1 Å². The number of carbonyl (C=O) groups is 1. The Kier molecular flexibility index (Phi) is 4.39. The zero-order valence-electron chi connectivity index (χ0n) is 10.8. The van der Waals surface area contributed by atoms with Crippen LogP contribution in [0.25, 0.3) is 0 Å². The summed E-state index contributed by atoms with van der Waals surface area (Å²) < 4.78 is 14.3. The lowest BCUT2D eigenvalue weighted by Gasteiger charge is -2.10. The normalized spacial score (nSPS) is 10.3. The largest absolute Gasteiger partial charge is 0.478 e. The van der Waals surface area contributed by atoms with Gasteiger partial charge in [0.15, 0.2) is 0 Å². The van der Waals surface area contributed by atoms with Gasteiger partial charge in [0.2, 0.25) is 0 Å². The van der Waals surface area contributed by atoms with Gasteiger partial charge in [-0.1, -0.05) is 28.1 Å². The number of carboxylic acid groups (broad SMARTS) is 1. The smallest absolute Gasteiger partial charge is 0.338 e. The number of hydrogen-bond acceptors (Lipinski definition) is 2. The van der Waals surface area contributed by atoms with E-state index in [0.29, 0.717) is 12.2 Å². The Hall–Kier alpha value is -1.88. The lowest BCUT2D eigenvalue weighted by molar-refractivity contribution is 0.0692. The average molecular weight is 338 g/mol. The molecular weight excluding hydrogens is 325 g/mol. The van der Waals surface area contributed by atoms with Crippen molar-refractivity contribution in [1.82, 2.24) is 0 Å². The molecule has 0 aromatic heterocycles. The second-order valence-corrected chi connectivity index (χ2v) is 5.30. The molecule has 0 amide bonds. The van der Waals surface area contributed by atoms with Crippen molar-refractivity contribution >= 4 is 27.6 Å². The highest BCUT2D eigenvalue weighted by atomic mass is 79.9. The Morgan fingerprint density at radius 2 is 2.05 bits per heavy atom. The van der Waals surface area contributed by atoms with Gasteiger partial charge in [0, 0.05) is 16.7 Å². The monoisotopic (exact) mass is 337 g/mol. The minimum absolute atomic E-state index is 0.335. The van der Waals surface area contributed by atoms with Gasteiger partial charge in [-0.15, -0.1) is 0 Å². The third-order valence-corrected chi connectivity index (χ3v) is 3.63. The molecule has 0 saturated carbocycles. The molecule has 0 saturated heterocycles. The molecule has 2 aromatic carbocycles. The predicted molar refractivity (Wildman–Crippen MR) is 79.6 cm³/mol. The Morgan fingerprint density at radius 1 is 1.30 bits per heavy atom.